The molecule has 1 unspecified atom stereocenters. The third-order valence-corrected chi connectivity index (χ3v) is 3.58. The van der Waals surface area contributed by atoms with Gasteiger partial charge in [-0.1, -0.05) is 37.3 Å². The van der Waals surface area contributed by atoms with Gasteiger partial charge in [-0.15, -0.1) is 0 Å². The van der Waals surface area contributed by atoms with Crippen molar-refractivity contribution in [3.8, 4) is 0 Å². The fourth-order valence-corrected chi connectivity index (χ4v) is 2.18. The van der Waals surface area contributed by atoms with E-state index in [4.69, 9.17) is 5.11 Å². The molecule has 0 spiro atoms. The van der Waals surface area contributed by atoms with Gasteiger partial charge in [0.25, 0.3) is 5.91 Å². The largest absolute Gasteiger partial charge is 0.396 e. The van der Waals surface area contributed by atoms with Crippen molar-refractivity contribution in [2.75, 3.05) is 25.1 Å². The number of aliphatic hydroxyl groups excluding tert-OH is 1. The molecule has 0 aliphatic rings. The second-order valence-electron chi connectivity index (χ2n) is 5.41. The van der Waals surface area contributed by atoms with Gasteiger partial charge in [0, 0.05) is 25.9 Å². The molecule has 0 saturated carbocycles. The smallest absolute Gasteiger partial charge is 0.253 e. The Bertz CT molecular complexity index is 613. The number of amides is 1. The van der Waals surface area contributed by atoms with E-state index in [1.54, 1.807) is 0 Å². The number of hydrogen-bond acceptors (Lipinski definition) is 3. The van der Waals surface area contributed by atoms with E-state index in [9.17, 15) is 4.79 Å². The second kappa shape index (κ2) is 7.61. The summed E-state index contributed by atoms with van der Waals surface area (Å²) >= 11 is 0. The van der Waals surface area contributed by atoms with E-state index in [0.29, 0.717) is 12.1 Å². The predicted molar refractivity (Wildman–Crippen MR) is 89.5 cm³/mol. The van der Waals surface area contributed by atoms with Crippen LogP contribution in [-0.4, -0.2) is 31.2 Å². The van der Waals surface area contributed by atoms with E-state index in [2.05, 4.69) is 5.32 Å². The van der Waals surface area contributed by atoms with E-state index in [0.717, 1.165) is 11.4 Å². The maximum absolute atomic E-state index is 12.4. The number of carbonyl (C=O) groups excluding carboxylic acids is 1. The van der Waals surface area contributed by atoms with Crippen molar-refractivity contribution in [3.63, 3.8) is 0 Å². The molecule has 2 aromatic carbocycles. The molecule has 0 aliphatic carbocycles. The molecule has 2 aromatic rings. The van der Waals surface area contributed by atoms with Crippen LogP contribution < -0.4 is 10.2 Å². The summed E-state index contributed by atoms with van der Waals surface area (Å²) in [5, 5.41) is 11.9. The summed E-state index contributed by atoms with van der Waals surface area (Å²) in [6.45, 7) is 2.41. The molecule has 0 aromatic heterocycles. The van der Waals surface area contributed by atoms with Crippen LogP contribution in [0.4, 0.5) is 11.4 Å². The lowest BCUT2D eigenvalue weighted by molar-refractivity contribution is 0.0943. The minimum atomic E-state index is -0.126. The molecule has 22 heavy (non-hydrogen) atoms. The third-order valence-electron chi connectivity index (χ3n) is 3.58. The highest BCUT2D eigenvalue weighted by molar-refractivity contribution is 6.00. The Morgan fingerprint density at radius 2 is 1.77 bits per heavy atom. The van der Waals surface area contributed by atoms with Gasteiger partial charge in [-0.2, -0.15) is 0 Å². The zero-order valence-electron chi connectivity index (χ0n) is 13.0. The molecule has 2 N–H and O–H groups in total. The van der Waals surface area contributed by atoms with E-state index < -0.39 is 0 Å². The molecule has 0 aliphatic heterocycles. The number of rotatable bonds is 6. The summed E-state index contributed by atoms with van der Waals surface area (Å²) in [6.07, 6.45) is 0. The second-order valence-corrected chi connectivity index (χ2v) is 5.41. The lowest BCUT2D eigenvalue weighted by Gasteiger charge is -2.22. The molecule has 4 heteroatoms. The minimum absolute atomic E-state index is 0.0444. The predicted octanol–water partition coefficient (Wildman–Crippen LogP) is 2.81. The Labute approximate surface area is 131 Å². The summed E-state index contributed by atoms with van der Waals surface area (Å²) in [6, 6.07) is 17.4. The Morgan fingerprint density at radius 3 is 2.45 bits per heavy atom. The number of nitrogens with zero attached hydrogens (tertiary/aromatic N) is 1. The quantitative estimate of drug-likeness (QED) is 0.862. The number of benzene rings is 2. The molecule has 0 heterocycles. The molecular formula is C18H22N2O2. The van der Waals surface area contributed by atoms with Gasteiger partial charge in [-0.25, -0.2) is 0 Å². The van der Waals surface area contributed by atoms with Gasteiger partial charge in [0.05, 0.1) is 11.3 Å². The molecule has 1 amide bonds. The minimum Gasteiger partial charge on any atom is -0.396 e. The monoisotopic (exact) mass is 298 g/mol. The maximum Gasteiger partial charge on any atom is 0.253 e. The first-order chi connectivity index (χ1) is 10.6. The van der Waals surface area contributed by atoms with Gasteiger partial charge < -0.3 is 15.3 Å². The fraction of sp³-hybridized carbons (Fsp3) is 0.278. The molecule has 116 valence electrons. The van der Waals surface area contributed by atoms with E-state index in [1.165, 1.54) is 0 Å². The molecule has 1 atom stereocenters. The van der Waals surface area contributed by atoms with Crippen LogP contribution in [0.15, 0.2) is 54.6 Å². The molecule has 0 fully saturated rings. The van der Waals surface area contributed by atoms with Crippen molar-refractivity contribution in [1.82, 2.24) is 5.32 Å². The average molecular weight is 298 g/mol. The molecular weight excluding hydrogens is 276 g/mol. The van der Waals surface area contributed by atoms with E-state index in [-0.39, 0.29) is 18.4 Å². The SMILES string of the molecule is CC(CO)CNC(=O)c1ccccc1N(C)c1ccccc1. The highest BCUT2D eigenvalue weighted by Crippen LogP contribution is 2.26. The van der Waals surface area contributed by atoms with Crippen LogP contribution in [0.1, 0.15) is 17.3 Å². The van der Waals surface area contributed by atoms with Gasteiger partial charge in [0.15, 0.2) is 0 Å². The highest BCUT2D eigenvalue weighted by atomic mass is 16.3. The number of hydrogen-bond donors (Lipinski definition) is 2. The third kappa shape index (κ3) is 3.86. The van der Waals surface area contributed by atoms with E-state index >= 15 is 0 Å². The van der Waals surface area contributed by atoms with Crippen molar-refractivity contribution in [3.05, 3.63) is 60.2 Å². The van der Waals surface area contributed by atoms with Gasteiger partial charge >= 0.3 is 0 Å². The molecule has 0 saturated heterocycles. The number of nitrogens with one attached hydrogen (secondary N) is 1. The Kier molecular flexibility index (Phi) is 5.55. The van der Waals surface area contributed by atoms with Crippen molar-refractivity contribution >= 4 is 17.3 Å². The van der Waals surface area contributed by atoms with Crippen molar-refractivity contribution in [2.24, 2.45) is 5.92 Å². The normalized spacial score (nSPS) is 11.8. The Hall–Kier alpha value is -2.33. The highest BCUT2D eigenvalue weighted by Gasteiger charge is 2.15. The number of aliphatic hydroxyl groups is 1. The van der Waals surface area contributed by atoms with Crippen LogP contribution >= 0.6 is 0 Å². The van der Waals surface area contributed by atoms with E-state index in [1.807, 2.05) is 73.5 Å². The van der Waals surface area contributed by atoms with Gasteiger partial charge in [-0.3, -0.25) is 4.79 Å². The summed E-state index contributed by atoms with van der Waals surface area (Å²) in [4.78, 5) is 14.4. The fourth-order valence-electron chi connectivity index (χ4n) is 2.18. The van der Waals surface area contributed by atoms with Crippen molar-refractivity contribution in [2.45, 2.75) is 6.92 Å². The molecule has 2 rings (SSSR count). The zero-order chi connectivity index (χ0) is 15.9. The van der Waals surface area contributed by atoms with Gasteiger partial charge in [0.2, 0.25) is 0 Å². The molecule has 0 bridgehead atoms. The van der Waals surface area contributed by atoms with Crippen LogP contribution in [0.25, 0.3) is 0 Å². The number of para-hydroxylation sites is 2. The lowest BCUT2D eigenvalue weighted by atomic mass is 10.1. The summed E-state index contributed by atoms with van der Waals surface area (Å²) in [7, 11) is 1.94. The first kappa shape index (κ1) is 16.0. The molecule has 4 nitrogen and oxygen atoms in total. The van der Waals surface area contributed by atoms with Crippen LogP contribution in [-0.2, 0) is 0 Å². The summed E-state index contributed by atoms with van der Waals surface area (Å²) in [5.41, 5.74) is 2.49. The van der Waals surface area contributed by atoms with Gasteiger partial charge in [0.1, 0.15) is 0 Å². The first-order valence-electron chi connectivity index (χ1n) is 7.40. The van der Waals surface area contributed by atoms with Crippen molar-refractivity contribution in [1.29, 1.82) is 0 Å². The first-order valence-corrected chi connectivity index (χ1v) is 7.40. The van der Waals surface area contributed by atoms with Gasteiger partial charge in [-0.05, 0) is 30.2 Å². The Morgan fingerprint density at radius 1 is 1.14 bits per heavy atom. The van der Waals surface area contributed by atoms with Crippen LogP contribution in [0.3, 0.4) is 0 Å². The van der Waals surface area contributed by atoms with Crippen LogP contribution in [0.2, 0.25) is 0 Å². The topological polar surface area (TPSA) is 52.6 Å². The molecule has 0 radical (unpaired) electrons. The summed E-state index contributed by atoms with van der Waals surface area (Å²) in [5.74, 6) is -0.0818. The summed E-state index contributed by atoms with van der Waals surface area (Å²) < 4.78 is 0. The lowest BCUT2D eigenvalue weighted by Crippen LogP contribution is -2.30. The zero-order valence-corrected chi connectivity index (χ0v) is 13.0. The van der Waals surface area contributed by atoms with Crippen LogP contribution in [0, 0.1) is 5.92 Å². The standard InChI is InChI=1S/C18H22N2O2/c1-14(13-21)12-19-18(22)16-10-6-7-11-17(16)20(2)15-8-4-3-5-9-15/h3-11,14,21H,12-13H2,1-2H3,(H,19,22). The maximum atomic E-state index is 12.4. The average Bonchev–Trinajstić information content (AvgIpc) is 2.59. The Balaban J connectivity index is 2.21. The van der Waals surface area contributed by atoms with Crippen LogP contribution in [0.5, 0.6) is 0 Å². The van der Waals surface area contributed by atoms with Crippen molar-refractivity contribution < 1.29 is 9.90 Å². The number of carbonyl (C=O) groups is 1. The number of anilines is 2.